The van der Waals surface area contributed by atoms with Gasteiger partial charge >= 0.3 is 0 Å². The Morgan fingerprint density at radius 2 is 1.96 bits per heavy atom. The first-order valence-electron chi connectivity index (χ1n) is 7.04. The molecule has 1 N–H and O–H groups in total. The Hall–Kier alpha value is -2.96. The van der Waals surface area contributed by atoms with Gasteiger partial charge in [0.25, 0.3) is 0 Å². The molecule has 0 unspecified atom stereocenters. The van der Waals surface area contributed by atoms with E-state index in [-0.39, 0.29) is 11.9 Å². The predicted molar refractivity (Wildman–Crippen MR) is 83.7 cm³/mol. The van der Waals surface area contributed by atoms with Gasteiger partial charge in [-0.05, 0) is 23.8 Å². The summed E-state index contributed by atoms with van der Waals surface area (Å²) < 4.78 is 20.0. The van der Waals surface area contributed by atoms with Crippen molar-refractivity contribution in [2.24, 2.45) is 7.05 Å². The van der Waals surface area contributed by atoms with Gasteiger partial charge in [-0.3, -0.25) is 4.68 Å². The third kappa shape index (κ3) is 3.45. The summed E-state index contributed by atoms with van der Waals surface area (Å²) >= 11 is 0. The molecule has 118 valence electrons. The van der Waals surface area contributed by atoms with Crippen LogP contribution >= 0.6 is 0 Å². The SMILES string of the molecule is COc1ccnc(N[C@H](c2ccc(F)cc2)c2ccn(C)n2)n1. The highest BCUT2D eigenvalue weighted by Gasteiger charge is 2.18. The number of nitrogens with one attached hydrogen (secondary N) is 1. The fraction of sp³-hybridized carbons (Fsp3) is 0.188. The van der Waals surface area contributed by atoms with Crippen LogP contribution in [0.5, 0.6) is 5.88 Å². The number of ether oxygens (including phenoxy) is 1. The Labute approximate surface area is 133 Å². The van der Waals surface area contributed by atoms with Gasteiger partial charge < -0.3 is 10.1 Å². The lowest BCUT2D eigenvalue weighted by atomic mass is 10.0. The van der Waals surface area contributed by atoms with E-state index in [1.165, 1.54) is 12.1 Å². The number of methoxy groups -OCH3 is 1. The summed E-state index contributed by atoms with van der Waals surface area (Å²) in [7, 11) is 3.38. The van der Waals surface area contributed by atoms with Gasteiger partial charge in [0.15, 0.2) is 0 Å². The highest BCUT2D eigenvalue weighted by Crippen LogP contribution is 2.24. The van der Waals surface area contributed by atoms with E-state index in [1.807, 2.05) is 19.3 Å². The molecule has 1 atom stereocenters. The van der Waals surface area contributed by atoms with Gasteiger partial charge in [0.2, 0.25) is 11.8 Å². The average molecular weight is 313 g/mol. The molecule has 2 heterocycles. The minimum atomic E-state index is -0.302. The van der Waals surface area contributed by atoms with Crippen LogP contribution in [0.15, 0.2) is 48.8 Å². The molecule has 0 saturated heterocycles. The van der Waals surface area contributed by atoms with Crippen LogP contribution in [0, 0.1) is 5.82 Å². The molecule has 0 aliphatic rings. The molecule has 3 rings (SSSR count). The molecular formula is C16H16FN5O. The number of rotatable bonds is 5. The third-order valence-electron chi connectivity index (χ3n) is 3.35. The highest BCUT2D eigenvalue weighted by molar-refractivity contribution is 5.39. The standard InChI is InChI=1S/C16H16FN5O/c1-22-10-8-13(21-22)15(11-3-5-12(17)6-4-11)20-16-18-9-7-14(19-16)23-2/h3-10,15H,1-2H3,(H,18,19,20)/t15-/m1/s1. The predicted octanol–water partition coefficient (Wildman–Crippen LogP) is 2.56. The number of aromatic nitrogens is 4. The highest BCUT2D eigenvalue weighted by atomic mass is 19.1. The summed E-state index contributed by atoms with van der Waals surface area (Å²) in [6.07, 6.45) is 3.45. The van der Waals surface area contributed by atoms with Crippen LogP contribution in [0.2, 0.25) is 0 Å². The smallest absolute Gasteiger partial charge is 0.226 e. The molecule has 1 aromatic carbocycles. The van der Waals surface area contributed by atoms with Crippen molar-refractivity contribution in [1.29, 1.82) is 0 Å². The van der Waals surface area contributed by atoms with Crippen molar-refractivity contribution in [2.45, 2.75) is 6.04 Å². The van der Waals surface area contributed by atoms with Gasteiger partial charge in [-0.2, -0.15) is 10.1 Å². The van der Waals surface area contributed by atoms with Gasteiger partial charge in [0.05, 0.1) is 18.8 Å². The number of halogens is 1. The van der Waals surface area contributed by atoms with E-state index < -0.39 is 0 Å². The van der Waals surface area contributed by atoms with Crippen LogP contribution in [0.25, 0.3) is 0 Å². The summed E-state index contributed by atoms with van der Waals surface area (Å²) in [6.45, 7) is 0. The van der Waals surface area contributed by atoms with Crippen molar-refractivity contribution < 1.29 is 9.13 Å². The molecular weight excluding hydrogens is 297 g/mol. The molecule has 0 aliphatic heterocycles. The Morgan fingerprint density at radius 1 is 1.17 bits per heavy atom. The summed E-state index contributed by atoms with van der Waals surface area (Å²) in [6, 6.07) is 9.51. The van der Waals surface area contributed by atoms with Crippen LogP contribution in [0.3, 0.4) is 0 Å². The zero-order chi connectivity index (χ0) is 16.2. The van der Waals surface area contributed by atoms with E-state index in [4.69, 9.17) is 4.74 Å². The summed E-state index contributed by atoms with van der Waals surface area (Å²) in [4.78, 5) is 8.44. The van der Waals surface area contributed by atoms with E-state index in [2.05, 4.69) is 20.4 Å². The zero-order valence-corrected chi connectivity index (χ0v) is 12.8. The quantitative estimate of drug-likeness (QED) is 0.784. The molecule has 0 aliphatic carbocycles. The summed E-state index contributed by atoms with van der Waals surface area (Å²) in [5.41, 5.74) is 1.64. The Morgan fingerprint density at radius 3 is 2.61 bits per heavy atom. The number of aryl methyl sites for hydroxylation is 1. The van der Waals surface area contributed by atoms with Gasteiger partial charge in [-0.15, -0.1) is 0 Å². The van der Waals surface area contributed by atoms with E-state index in [9.17, 15) is 4.39 Å². The lowest BCUT2D eigenvalue weighted by Crippen LogP contribution is -2.15. The van der Waals surface area contributed by atoms with Crippen LogP contribution in [-0.4, -0.2) is 26.9 Å². The third-order valence-corrected chi connectivity index (χ3v) is 3.35. The first-order valence-corrected chi connectivity index (χ1v) is 7.04. The average Bonchev–Trinajstić information content (AvgIpc) is 3.00. The maximum atomic E-state index is 13.2. The zero-order valence-electron chi connectivity index (χ0n) is 12.8. The minimum Gasteiger partial charge on any atom is -0.481 e. The summed E-state index contributed by atoms with van der Waals surface area (Å²) in [5, 5.41) is 7.64. The fourth-order valence-corrected chi connectivity index (χ4v) is 2.22. The molecule has 0 saturated carbocycles. The Bertz CT molecular complexity index is 787. The normalized spacial score (nSPS) is 12.0. The fourth-order valence-electron chi connectivity index (χ4n) is 2.22. The Balaban J connectivity index is 1.96. The second kappa shape index (κ2) is 6.43. The molecule has 3 aromatic rings. The van der Waals surface area contributed by atoms with Crippen molar-refractivity contribution in [3.05, 3.63) is 65.9 Å². The van der Waals surface area contributed by atoms with Crippen LogP contribution in [0.4, 0.5) is 10.3 Å². The number of hydrogen-bond acceptors (Lipinski definition) is 5. The van der Waals surface area contributed by atoms with Crippen molar-refractivity contribution in [2.75, 3.05) is 12.4 Å². The van der Waals surface area contributed by atoms with E-state index >= 15 is 0 Å². The number of hydrogen-bond donors (Lipinski definition) is 1. The molecule has 0 spiro atoms. The molecule has 23 heavy (non-hydrogen) atoms. The van der Waals surface area contributed by atoms with Crippen molar-refractivity contribution in [1.82, 2.24) is 19.7 Å². The second-order valence-electron chi connectivity index (χ2n) is 4.97. The van der Waals surface area contributed by atoms with Gasteiger partial charge in [-0.25, -0.2) is 9.37 Å². The monoisotopic (exact) mass is 313 g/mol. The van der Waals surface area contributed by atoms with Gasteiger partial charge in [0, 0.05) is 25.5 Å². The lowest BCUT2D eigenvalue weighted by molar-refractivity contribution is 0.397. The molecule has 2 aromatic heterocycles. The minimum absolute atomic E-state index is 0.286. The largest absolute Gasteiger partial charge is 0.481 e. The lowest BCUT2D eigenvalue weighted by Gasteiger charge is -2.17. The Kier molecular flexibility index (Phi) is 4.18. The molecule has 0 radical (unpaired) electrons. The first-order chi connectivity index (χ1) is 11.2. The first kappa shape index (κ1) is 15.0. The number of anilines is 1. The molecule has 0 bridgehead atoms. The van der Waals surface area contributed by atoms with Crippen molar-refractivity contribution in [3.63, 3.8) is 0 Å². The maximum absolute atomic E-state index is 13.2. The number of benzene rings is 1. The van der Waals surface area contributed by atoms with Crippen LogP contribution in [-0.2, 0) is 7.05 Å². The molecule has 6 nitrogen and oxygen atoms in total. The molecule has 0 fully saturated rings. The van der Waals surface area contributed by atoms with E-state index in [0.29, 0.717) is 11.8 Å². The van der Waals surface area contributed by atoms with E-state index in [1.54, 1.807) is 36.2 Å². The summed E-state index contributed by atoms with van der Waals surface area (Å²) in [5.74, 6) is 0.580. The van der Waals surface area contributed by atoms with Gasteiger partial charge in [-0.1, -0.05) is 12.1 Å². The van der Waals surface area contributed by atoms with Crippen LogP contribution < -0.4 is 10.1 Å². The number of nitrogens with zero attached hydrogens (tertiary/aromatic N) is 4. The van der Waals surface area contributed by atoms with Crippen molar-refractivity contribution in [3.8, 4) is 5.88 Å². The molecule has 7 heteroatoms. The van der Waals surface area contributed by atoms with E-state index in [0.717, 1.165) is 11.3 Å². The maximum Gasteiger partial charge on any atom is 0.226 e. The van der Waals surface area contributed by atoms with Gasteiger partial charge in [0.1, 0.15) is 5.82 Å². The van der Waals surface area contributed by atoms with Crippen LogP contribution in [0.1, 0.15) is 17.3 Å². The van der Waals surface area contributed by atoms with Crippen molar-refractivity contribution >= 4 is 5.95 Å². The second-order valence-corrected chi connectivity index (χ2v) is 4.97. The molecule has 0 amide bonds. The topological polar surface area (TPSA) is 64.9 Å².